The lowest BCUT2D eigenvalue weighted by molar-refractivity contribution is 0.0990. The van der Waals surface area contributed by atoms with Crippen LogP contribution in [0.1, 0.15) is 32.3 Å². The molecule has 2 unspecified atom stereocenters. The molecule has 0 spiro atoms. The predicted octanol–water partition coefficient (Wildman–Crippen LogP) is 2.64. The summed E-state index contributed by atoms with van der Waals surface area (Å²) >= 11 is 0. The third kappa shape index (κ3) is 3.71. The van der Waals surface area contributed by atoms with Gasteiger partial charge in [0.2, 0.25) is 0 Å². The van der Waals surface area contributed by atoms with E-state index in [1.165, 1.54) is 24.9 Å². The number of hydrogen-bond donors (Lipinski definition) is 1. The summed E-state index contributed by atoms with van der Waals surface area (Å²) in [6.07, 6.45) is 2.59. The van der Waals surface area contributed by atoms with Crippen molar-refractivity contribution in [2.45, 2.75) is 39.3 Å². The molecule has 1 aromatic rings. The summed E-state index contributed by atoms with van der Waals surface area (Å²) < 4.78 is 5.48. The van der Waals surface area contributed by atoms with Gasteiger partial charge in [0.05, 0.1) is 6.61 Å². The van der Waals surface area contributed by atoms with Crippen LogP contribution in [-0.4, -0.2) is 30.6 Å². The topological polar surface area (TPSA) is 38.5 Å². The van der Waals surface area contributed by atoms with Crippen molar-refractivity contribution in [1.29, 1.82) is 0 Å². The molecule has 0 saturated carbocycles. The first kappa shape index (κ1) is 14.4. The number of piperidine rings is 1. The average molecular weight is 262 g/mol. The van der Waals surface area contributed by atoms with Crippen LogP contribution in [0.25, 0.3) is 0 Å². The Kier molecular flexibility index (Phi) is 5.23. The van der Waals surface area contributed by atoms with Gasteiger partial charge in [0, 0.05) is 19.1 Å². The largest absolute Gasteiger partial charge is 0.494 e. The predicted molar refractivity (Wildman–Crippen MR) is 79.3 cm³/mol. The van der Waals surface area contributed by atoms with Crippen LogP contribution in [0.5, 0.6) is 5.75 Å². The Hall–Kier alpha value is -1.06. The van der Waals surface area contributed by atoms with E-state index in [9.17, 15) is 0 Å². The van der Waals surface area contributed by atoms with Gasteiger partial charge < -0.3 is 10.5 Å². The molecule has 106 valence electrons. The minimum atomic E-state index is 0.528. The van der Waals surface area contributed by atoms with Gasteiger partial charge in [-0.25, -0.2) is 0 Å². The molecular weight excluding hydrogens is 236 g/mol. The first-order chi connectivity index (χ1) is 9.24. The molecule has 0 aliphatic carbocycles. The van der Waals surface area contributed by atoms with Gasteiger partial charge in [-0.3, -0.25) is 4.90 Å². The van der Waals surface area contributed by atoms with Gasteiger partial charge in [-0.1, -0.05) is 19.1 Å². The summed E-state index contributed by atoms with van der Waals surface area (Å²) in [6.45, 7) is 7.98. The van der Waals surface area contributed by atoms with Crippen molar-refractivity contribution >= 4 is 0 Å². The summed E-state index contributed by atoms with van der Waals surface area (Å²) in [5.74, 6) is 1.66. The maximum absolute atomic E-state index is 5.94. The van der Waals surface area contributed by atoms with Gasteiger partial charge in [-0.05, 0) is 49.9 Å². The maximum atomic E-state index is 5.94. The molecule has 1 fully saturated rings. The molecule has 2 atom stereocenters. The summed E-state index contributed by atoms with van der Waals surface area (Å²) in [5, 5.41) is 0. The number of ether oxygens (including phenoxy) is 1. The number of benzene rings is 1. The van der Waals surface area contributed by atoms with E-state index in [0.717, 1.165) is 25.4 Å². The molecule has 1 saturated heterocycles. The highest BCUT2D eigenvalue weighted by atomic mass is 16.5. The second kappa shape index (κ2) is 6.92. The number of likely N-dealkylation sites (tertiary alicyclic amines) is 1. The molecule has 0 bridgehead atoms. The first-order valence-corrected chi connectivity index (χ1v) is 7.40. The Balaban J connectivity index is 1.98. The molecule has 1 heterocycles. The highest BCUT2D eigenvalue weighted by Crippen LogP contribution is 2.24. The zero-order valence-corrected chi connectivity index (χ0v) is 12.1. The van der Waals surface area contributed by atoms with Gasteiger partial charge in [0.15, 0.2) is 0 Å². The normalized spacial score (nSPS) is 24.4. The van der Waals surface area contributed by atoms with Crippen molar-refractivity contribution in [3.63, 3.8) is 0 Å². The van der Waals surface area contributed by atoms with Crippen LogP contribution < -0.4 is 10.5 Å². The Morgan fingerprint density at radius 2 is 2.05 bits per heavy atom. The van der Waals surface area contributed by atoms with Gasteiger partial charge in [0.1, 0.15) is 5.75 Å². The monoisotopic (exact) mass is 262 g/mol. The molecule has 1 aliphatic heterocycles. The van der Waals surface area contributed by atoms with Crippen molar-refractivity contribution < 1.29 is 4.74 Å². The Morgan fingerprint density at radius 1 is 1.32 bits per heavy atom. The molecular formula is C16H26N2O. The van der Waals surface area contributed by atoms with Gasteiger partial charge in [-0.2, -0.15) is 0 Å². The fourth-order valence-electron chi connectivity index (χ4n) is 3.00. The maximum Gasteiger partial charge on any atom is 0.119 e. The zero-order valence-electron chi connectivity index (χ0n) is 12.1. The van der Waals surface area contributed by atoms with Crippen LogP contribution in [0.4, 0.5) is 0 Å². The number of nitrogens with two attached hydrogens (primary N) is 1. The van der Waals surface area contributed by atoms with E-state index in [1.807, 2.05) is 6.92 Å². The molecule has 3 nitrogen and oxygen atoms in total. The zero-order chi connectivity index (χ0) is 13.7. The molecule has 19 heavy (non-hydrogen) atoms. The minimum absolute atomic E-state index is 0.528. The second-order valence-electron chi connectivity index (χ2n) is 5.47. The first-order valence-electron chi connectivity index (χ1n) is 7.40. The highest BCUT2D eigenvalue weighted by Gasteiger charge is 2.27. The van der Waals surface area contributed by atoms with Crippen LogP contribution in [0.2, 0.25) is 0 Å². The smallest absolute Gasteiger partial charge is 0.119 e. The fraction of sp³-hybridized carbons (Fsp3) is 0.625. The lowest BCUT2D eigenvalue weighted by atomic mass is 9.90. The molecule has 0 radical (unpaired) electrons. The molecule has 2 N–H and O–H groups in total. The Labute approximate surface area is 116 Å². The van der Waals surface area contributed by atoms with E-state index in [1.54, 1.807) is 0 Å². The Bertz CT molecular complexity index is 377. The van der Waals surface area contributed by atoms with Gasteiger partial charge in [-0.15, -0.1) is 0 Å². The summed E-state index contributed by atoms with van der Waals surface area (Å²) in [4.78, 5) is 2.53. The van der Waals surface area contributed by atoms with E-state index in [4.69, 9.17) is 10.5 Å². The third-order valence-electron chi connectivity index (χ3n) is 4.09. The molecule has 3 heteroatoms. The van der Waals surface area contributed by atoms with E-state index in [0.29, 0.717) is 12.0 Å². The Morgan fingerprint density at radius 3 is 2.68 bits per heavy atom. The van der Waals surface area contributed by atoms with Crippen LogP contribution in [0, 0.1) is 5.92 Å². The summed E-state index contributed by atoms with van der Waals surface area (Å²) in [5.41, 5.74) is 7.28. The van der Waals surface area contributed by atoms with Crippen molar-refractivity contribution in [2.75, 3.05) is 19.7 Å². The lowest BCUT2D eigenvalue weighted by Crippen LogP contribution is -2.47. The third-order valence-corrected chi connectivity index (χ3v) is 4.09. The van der Waals surface area contributed by atoms with Gasteiger partial charge in [0.25, 0.3) is 0 Å². The van der Waals surface area contributed by atoms with Crippen molar-refractivity contribution in [3.8, 4) is 5.75 Å². The fourth-order valence-corrected chi connectivity index (χ4v) is 3.00. The second-order valence-corrected chi connectivity index (χ2v) is 5.47. The lowest BCUT2D eigenvalue weighted by Gasteiger charge is -2.39. The van der Waals surface area contributed by atoms with Crippen LogP contribution in [0.15, 0.2) is 24.3 Å². The highest BCUT2D eigenvalue weighted by molar-refractivity contribution is 5.27. The van der Waals surface area contributed by atoms with E-state index < -0.39 is 0 Å². The van der Waals surface area contributed by atoms with E-state index in [2.05, 4.69) is 36.1 Å². The molecule has 1 aromatic carbocycles. The molecule has 2 rings (SSSR count). The summed E-state index contributed by atoms with van der Waals surface area (Å²) in [6, 6.07) is 8.98. The van der Waals surface area contributed by atoms with Gasteiger partial charge >= 0.3 is 0 Å². The average Bonchev–Trinajstić information content (AvgIpc) is 2.42. The van der Waals surface area contributed by atoms with E-state index in [-0.39, 0.29) is 0 Å². The molecule has 0 amide bonds. The number of nitrogens with zero attached hydrogens (tertiary/aromatic N) is 1. The van der Waals surface area contributed by atoms with Crippen LogP contribution >= 0.6 is 0 Å². The number of rotatable bonds is 5. The summed E-state index contributed by atoms with van der Waals surface area (Å²) in [7, 11) is 0. The van der Waals surface area contributed by atoms with Crippen LogP contribution in [0.3, 0.4) is 0 Å². The minimum Gasteiger partial charge on any atom is -0.494 e. The SMILES string of the molecule is CCOc1ccc(CN2CCCC(C)C2CN)cc1. The standard InChI is InChI=1S/C16H26N2O/c1-3-19-15-8-6-14(7-9-15)12-18-10-4-5-13(2)16(18)11-17/h6-9,13,16H,3-5,10-12,17H2,1-2H3. The van der Waals surface area contributed by atoms with E-state index >= 15 is 0 Å². The van der Waals surface area contributed by atoms with Crippen molar-refractivity contribution in [2.24, 2.45) is 11.7 Å². The number of hydrogen-bond acceptors (Lipinski definition) is 3. The van der Waals surface area contributed by atoms with Crippen molar-refractivity contribution in [1.82, 2.24) is 4.90 Å². The molecule has 1 aliphatic rings. The molecule has 0 aromatic heterocycles. The van der Waals surface area contributed by atoms with Crippen molar-refractivity contribution in [3.05, 3.63) is 29.8 Å². The van der Waals surface area contributed by atoms with Crippen LogP contribution in [-0.2, 0) is 6.54 Å². The quantitative estimate of drug-likeness (QED) is 0.886.